The summed E-state index contributed by atoms with van der Waals surface area (Å²) in [6.07, 6.45) is 1.23. The van der Waals surface area contributed by atoms with Crippen LogP contribution in [0.4, 0.5) is 5.69 Å². The van der Waals surface area contributed by atoms with E-state index < -0.39 is 11.8 Å². The van der Waals surface area contributed by atoms with E-state index in [1.807, 2.05) is 30.3 Å². The van der Waals surface area contributed by atoms with Crippen molar-refractivity contribution in [1.29, 1.82) is 0 Å². The highest BCUT2D eigenvalue weighted by Gasteiger charge is 2.30. The van der Waals surface area contributed by atoms with Crippen molar-refractivity contribution in [2.45, 2.75) is 6.61 Å². The Hall–Kier alpha value is -3.12. The molecular weight excluding hydrogens is 320 g/mol. The summed E-state index contributed by atoms with van der Waals surface area (Å²) in [5.74, 6) is -0.160. The Morgan fingerprint density at radius 1 is 1.00 bits per heavy atom. The zero-order valence-electron chi connectivity index (χ0n) is 13.5. The average molecular weight is 338 g/mol. The number of imide groups is 1. The molecule has 0 unspecified atom stereocenters. The van der Waals surface area contributed by atoms with Crippen LogP contribution in [0.15, 0.2) is 66.4 Å². The van der Waals surface area contributed by atoms with Crippen molar-refractivity contribution in [2.75, 3.05) is 18.5 Å². The van der Waals surface area contributed by atoms with E-state index in [0.29, 0.717) is 18.0 Å². The van der Waals surface area contributed by atoms with Gasteiger partial charge < -0.3 is 15.2 Å². The molecule has 0 saturated heterocycles. The van der Waals surface area contributed by atoms with Crippen LogP contribution in [0.5, 0.6) is 5.75 Å². The van der Waals surface area contributed by atoms with Gasteiger partial charge in [0.2, 0.25) is 0 Å². The van der Waals surface area contributed by atoms with Gasteiger partial charge in [0.1, 0.15) is 18.1 Å². The van der Waals surface area contributed by atoms with Crippen molar-refractivity contribution in [3.63, 3.8) is 0 Å². The summed E-state index contributed by atoms with van der Waals surface area (Å²) in [6.45, 7) is 0.208. The first-order valence-corrected chi connectivity index (χ1v) is 7.89. The van der Waals surface area contributed by atoms with Gasteiger partial charge in [0.05, 0.1) is 13.2 Å². The first-order valence-electron chi connectivity index (χ1n) is 7.89. The van der Waals surface area contributed by atoms with Crippen LogP contribution in [0.2, 0.25) is 0 Å². The minimum Gasteiger partial charge on any atom is -0.489 e. The average Bonchev–Trinajstić information content (AvgIpc) is 2.90. The summed E-state index contributed by atoms with van der Waals surface area (Å²) in [7, 11) is 0. The van der Waals surface area contributed by atoms with E-state index in [4.69, 9.17) is 9.84 Å². The third kappa shape index (κ3) is 4.05. The Morgan fingerprint density at radius 3 is 2.40 bits per heavy atom. The number of β-amino-alcohol motifs (C(OH)–C–C–N with tert-alkyl or cyclic N) is 1. The van der Waals surface area contributed by atoms with Gasteiger partial charge in [-0.05, 0) is 29.8 Å². The molecule has 6 heteroatoms. The smallest absolute Gasteiger partial charge is 0.277 e. The number of hydrogen-bond donors (Lipinski definition) is 2. The molecule has 1 heterocycles. The van der Waals surface area contributed by atoms with Crippen LogP contribution in [0, 0.1) is 0 Å². The fraction of sp³-hybridized carbons (Fsp3) is 0.158. The van der Waals surface area contributed by atoms with Crippen molar-refractivity contribution < 1.29 is 19.4 Å². The highest BCUT2D eigenvalue weighted by molar-refractivity contribution is 6.17. The number of anilines is 1. The Labute approximate surface area is 145 Å². The number of nitrogens with one attached hydrogen (secondary N) is 1. The maximum atomic E-state index is 12.1. The van der Waals surface area contributed by atoms with Crippen LogP contribution in [0.25, 0.3) is 0 Å². The van der Waals surface area contributed by atoms with Crippen LogP contribution >= 0.6 is 0 Å². The summed E-state index contributed by atoms with van der Waals surface area (Å²) in [5, 5.41) is 11.8. The van der Waals surface area contributed by atoms with Gasteiger partial charge >= 0.3 is 0 Å². The zero-order chi connectivity index (χ0) is 17.6. The predicted molar refractivity (Wildman–Crippen MR) is 92.7 cm³/mol. The van der Waals surface area contributed by atoms with Crippen molar-refractivity contribution >= 4 is 17.5 Å². The lowest BCUT2D eigenvalue weighted by atomic mass is 10.2. The van der Waals surface area contributed by atoms with Crippen molar-refractivity contribution in [3.8, 4) is 5.75 Å². The SMILES string of the molecule is O=C1C=C(Nc2ccc(OCc3ccccc3)cc2)C(=O)N1CCO. The quantitative estimate of drug-likeness (QED) is 0.754. The van der Waals surface area contributed by atoms with Gasteiger partial charge in [0, 0.05) is 11.8 Å². The van der Waals surface area contributed by atoms with E-state index in [1.54, 1.807) is 24.3 Å². The van der Waals surface area contributed by atoms with Gasteiger partial charge in [-0.1, -0.05) is 30.3 Å². The molecule has 1 aliphatic heterocycles. The van der Waals surface area contributed by atoms with Crippen molar-refractivity contribution in [3.05, 3.63) is 71.9 Å². The molecule has 0 saturated carbocycles. The predicted octanol–water partition coefficient (Wildman–Crippen LogP) is 1.92. The molecule has 25 heavy (non-hydrogen) atoms. The second-order valence-electron chi connectivity index (χ2n) is 5.50. The number of carbonyl (C=O) groups is 2. The molecule has 0 fully saturated rings. The maximum absolute atomic E-state index is 12.1. The Morgan fingerprint density at radius 2 is 1.72 bits per heavy atom. The van der Waals surface area contributed by atoms with E-state index in [1.165, 1.54) is 6.08 Å². The lowest BCUT2D eigenvalue weighted by Crippen LogP contribution is -2.34. The standard InChI is InChI=1S/C19H18N2O4/c22-11-10-21-18(23)12-17(19(21)24)20-15-6-8-16(9-7-15)25-13-14-4-2-1-3-5-14/h1-9,12,20,22H,10-11,13H2. The van der Waals surface area contributed by atoms with Gasteiger partial charge in [0.25, 0.3) is 11.8 Å². The normalized spacial score (nSPS) is 13.8. The van der Waals surface area contributed by atoms with E-state index in [9.17, 15) is 9.59 Å². The molecule has 6 nitrogen and oxygen atoms in total. The van der Waals surface area contributed by atoms with Crippen molar-refractivity contribution in [1.82, 2.24) is 4.90 Å². The Balaban J connectivity index is 1.59. The lowest BCUT2D eigenvalue weighted by Gasteiger charge is -2.13. The largest absolute Gasteiger partial charge is 0.489 e. The Kier molecular flexibility index (Phi) is 5.11. The number of amides is 2. The number of ether oxygens (including phenoxy) is 1. The highest BCUT2D eigenvalue weighted by Crippen LogP contribution is 2.20. The third-order valence-electron chi connectivity index (χ3n) is 3.71. The van der Waals surface area contributed by atoms with Crippen molar-refractivity contribution in [2.24, 2.45) is 0 Å². The molecule has 3 rings (SSSR count). The summed E-state index contributed by atoms with van der Waals surface area (Å²) < 4.78 is 5.70. The molecule has 0 spiro atoms. The van der Waals surface area contributed by atoms with E-state index in [-0.39, 0.29) is 18.8 Å². The molecule has 128 valence electrons. The second-order valence-corrected chi connectivity index (χ2v) is 5.50. The fourth-order valence-corrected chi connectivity index (χ4v) is 2.44. The van der Waals surface area contributed by atoms with Crippen LogP contribution in [0.1, 0.15) is 5.56 Å². The molecule has 1 aliphatic rings. The molecule has 0 bridgehead atoms. The Bertz CT molecular complexity index is 785. The molecule has 0 atom stereocenters. The number of carbonyl (C=O) groups excluding carboxylic acids is 2. The van der Waals surface area contributed by atoms with Gasteiger partial charge in [-0.2, -0.15) is 0 Å². The van der Waals surface area contributed by atoms with Gasteiger partial charge in [-0.3, -0.25) is 14.5 Å². The summed E-state index contributed by atoms with van der Waals surface area (Å²) in [4.78, 5) is 24.8. The zero-order valence-corrected chi connectivity index (χ0v) is 13.5. The summed E-state index contributed by atoms with van der Waals surface area (Å²) >= 11 is 0. The summed E-state index contributed by atoms with van der Waals surface area (Å²) in [6, 6.07) is 17.0. The molecule has 2 N–H and O–H groups in total. The number of hydrogen-bond acceptors (Lipinski definition) is 5. The first-order chi connectivity index (χ1) is 12.2. The molecule has 2 amide bonds. The highest BCUT2D eigenvalue weighted by atomic mass is 16.5. The van der Waals surface area contributed by atoms with Gasteiger partial charge in [-0.25, -0.2) is 0 Å². The molecule has 2 aromatic rings. The van der Waals surface area contributed by atoms with Crippen LogP contribution in [-0.4, -0.2) is 35.0 Å². The number of nitrogens with zero attached hydrogens (tertiary/aromatic N) is 1. The molecule has 0 aromatic heterocycles. The second kappa shape index (κ2) is 7.63. The van der Waals surface area contributed by atoms with Gasteiger partial charge in [0.15, 0.2) is 0 Å². The third-order valence-corrected chi connectivity index (χ3v) is 3.71. The number of aliphatic hydroxyl groups is 1. The maximum Gasteiger partial charge on any atom is 0.277 e. The minimum atomic E-state index is -0.441. The summed E-state index contributed by atoms with van der Waals surface area (Å²) in [5.41, 5.74) is 1.94. The van der Waals surface area contributed by atoms with Crippen LogP contribution in [0.3, 0.4) is 0 Å². The molecule has 0 radical (unpaired) electrons. The minimum absolute atomic E-state index is 0.00832. The van der Waals surface area contributed by atoms with E-state index >= 15 is 0 Å². The molecule has 2 aromatic carbocycles. The number of aliphatic hydroxyl groups excluding tert-OH is 1. The molecule has 0 aliphatic carbocycles. The fourth-order valence-electron chi connectivity index (χ4n) is 2.44. The van der Waals surface area contributed by atoms with E-state index in [2.05, 4.69) is 5.32 Å². The van der Waals surface area contributed by atoms with Gasteiger partial charge in [-0.15, -0.1) is 0 Å². The monoisotopic (exact) mass is 338 g/mol. The number of benzene rings is 2. The first kappa shape index (κ1) is 16.7. The van der Waals surface area contributed by atoms with E-state index in [0.717, 1.165) is 10.5 Å². The molecular formula is C19H18N2O4. The lowest BCUT2D eigenvalue weighted by molar-refractivity contribution is -0.137. The topological polar surface area (TPSA) is 78.9 Å². The van der Waals surface area contributed by atoms with Crippen LogP contribution in [-0.2, 0) is 16.2 Å². The van der Waals surface area contributed by atoms with Crippen LogP contribution < -0.4 is 10.1 Å². The number of rotatable bonds is 7.